The first-order valence-electron chi connectivity index (χ1n) is 6.39. The third-order valence-corrected chi connectivity index (χ3v) is 3.67. The van der Waals surface area contributed by atoms with Gasteiger partial charge >= 0.3 is 0 Å². The molecule has 2 nitrogen and oxygen atoms in total. The van der Waals surface area contributed by atoms with Gasteiger partial charge in [-0.2, -0.15) is 0 Å². The van der Waals surface area contributed by atoms with Gasteiger partial charge in [-0.25, -0.2) is 0 Å². The van der Waals surface area contributed by atoms with Crippen molar-refractivity contribution in [3.63, 3.8) is 0 Å². The van der Waals surface area contributed by atoms with E-state index < -0.39 is 0 Å². The summed E-state index contributed by atoms with van der Waals surface area (Å²) in [6.45, 7) is 4.27. The number of anilines is 1. The summed E-state index contributed by atoms with van der Waals surface area (Å²) in [5.41, 5.74) is 3.89. The van der Waals surface area contributed by atoms with Crippen molar-refractivity contribution < 1.29 is 4.79 Å². The third kappa shape index (κ3) is 2.87. The zero-order valence-electron chi connectivity index (χ0n) is 11.0. The van der Waals surface area contributed by atoms with Crippen molar-refractivity contribution in [1.29, 1.82) is 0 Å². The maximum absolute atomic E-state index is 11.3. The normalized spacial score (nSPS) is 17.2. The molecule has 1 aliphatic rings. The highest BCUT2D eigenvalue weighted by atomic mass is 16.1. The third-order valence-electron chi connectivity index (χ3n) is 3.67. The number of hydrogen-bond donors (Lipinski definition) is 0. The monoisotopic (exact) mass is 231 g/mol. The van der Waals surface area contributed by atoms with Crippen LogP contribution in [0.3, 0.4) is 0 Å². The van der Waals surface area contributed by atoms with Gasteiger partial charge in [0.25, 0.3) is 0 Å². The molecule has 0 amide bonds. The number of Topliss-reactive ketones (excluding diaryl/α,β-unsaturated/α-hetero) is 1. The van der Waals surface area contributed by atoms with Crippen LogP contribution in [0.2, 0.25) is 0 Å². The topological polar surface area (TPSA) is 20.3 Å². The molecule has 1 aromatic rings. The minimum absolute atomic E-state index is 0.426. The molecule has 0 heterocycles. The van der Waals surface area contributed by atoms with E-state index in [0.717, 1.165) is 25.7 Å². The molecule has 17 heavy (non-hydrogen) atoms. The van der Waals surface area contributed by atoms with Crippen LogP contribution in [-0.4, -0.2) is 18.9 Å². The molecule has 0 radical (unpaired) electrons. The SMILES string of the molecule is Cc1cc(C)cc(N(C)C2CCC(=O)CC2)c1. The van der Waals surface area contributed by atoms with Gasteiger partial charge in [-0.05, 0) is 49.9 Å². The van der Waals surface area contributed by atoms with Crippen LogP contribution >= 0.6 is 0 Å². The zero-order valence-corrected chi connectivity index (χ0v) is 11.0. The minimum atomic E-state index is 0.426. The van der Waals surface area contributed by atoms with Crippen LogP contribution in [0, 0.1) is 13.8 Å². The first-order chi connectivity index (χ1) is 8.06. The number of aryl methyl sites for hydroxylation is 2. The summed E-state index contributed by atoms with van der Waals surface area (Å²) in [6, 6.07) is 7.17. The number of ketones is 1. The molecule has 0 N–H and O–H groups in total. The van der Waals surface area contributed by atoms with Gasteiger partial charge in [0.15, 0.2) is 0 Å². The Bertz CT molecular complexity index is 395. The molecular weight excluding hydrogens is 210 g/mol. The van der Waals surface area contributed by atoms with Crippen molar-refractivity contribution >= 4 is 11.5 Å². The van der Waals surface area contributed by atoms with Crippen molar-refractivity contribution in [1.82, 2.24) is 0 Å². The van der Waals surface area contributed by atoms with E-state index in [2.05, 4.69) is 44.0 Å². The van der Waals surface area contributed by atoms with Crippen molar-refractivity contribution in [2.45, 2.75) is 45.6 Å². The van der Waals surface area contributed by atoms with Crippen LogP contribution in [0.15, 0.2) is 18.2 Å². The largest absolute Gasteiger partial charge is 0.372 e. The molecule has 2 rings (SSSR count). The molecular formula is C15H21NO. The Balaban J connectivity index is 2.13. The van der Waals surface area contributed by atoms with Crippen LogP contribution in [0.5, 0.6) is 0 Å². The summed E-state index contributed by atoms with van der Waals surface area (Å²) in [6.07, 6.45) is 3.50. The van der Waals surface area contributed by atoms with Gasteiger partial charge in [0.2, 0.25) is 0 Å². The average Bonchev–Trinajstić information content (AvgIpc) is 2.28. The second-order valence-electron chi connectivity index (χ2n) is 5.23. The molecule has 0 atom stereocenters. The second-order valence-corrected chi connectivity index (χ2v) is 5.23. The lowest BCUT2D eigenvalue weighted by atomic mass is 9.93. The van der Waals surface area contributed by atoms with Crippen molar-refractivity contribution in [3.05, 3.63) is 29.3 Å². The molecule has 1 aliphatic carbocycles. The first-order valence-corrected chi connectivity index (χ1v) is 6.39. The van der Waals surface area contributed by atoms with Gasteiger partial charge in [0.1, 0.15) is 5.78 Å². The first kappa shape index (κ1) is 12.2. The lowest BCUT2D eigenvalue weighted by Gasteiger charge is -2.33. The van der Waals surface area contributed by atoms with Gasteiger partial charge in [-0.15, -0.1) is 0 Å². The lowest BCUT2D eigenvalue weighted by Crippen LogP contribution is -2.35. The zero-order chi connectivity index (χ0) is 12.4. The Morgan fingerprint density at radius 2 is 1.59 bits per heavy atom. The number of benzene rings is 1. The van der Waals surface area contributed by atoms with E-state index in [1.54, 1.807) is 0 Å². The molecule has 92 valence electrons. The van der Waals surface area contributed by atoms with Gasteiger partial charge < -0.3 is 4.90 Å². The molecule has 0 unspecified atom stereocenters. The van der Waals surface area contributed by atoms with Gasteiger partial charge in [0, 0.05) is 31.6 Å². The van der Waals surface area contributed by atoms with Gasteiger partial charge in [-0.1, -0.05) is 6.07 Å². The fourth-order valence-corrected chi connectivity index (χ4v) is 2.68. The van der Waals surface area contributed by atoms with E-state index in [-0.39, 0.29) is 0 Å². The number of carbonyl (C=O) groups is 1. The molecule has 2 heteroatoms. The van der Waals surface area contributed by atoms with E-state index >= 15 is 0 Å². The minimum Gasteiger partial charge on any atom is -0.372 e. The summed E-state index contributed by atoms with van der Waals surface area (Å²) < 4.78 is 0. The number of hydrogen-bond acceptors (Lipinski definition) is 2. The fourth-order valence-electron chi connectivity index (χ4n) is 2.68. The maximum Gasteiger partial charge on any atom is 0.133 e. The predicted molar refractivity (Wildman–Crippen MR) is 71.6 cm³/mol. The number of carbonyl (C=O) groups excluding carboxylic acids is 1. The highest BCUT2D eigenvalue weighted by Gasteiger charge is 2.22. The molecule has 0 spiro atoms. The highest BCUT2D eigenvalue weighted by Crippen LogP contribution is 2.26. The lowest BCUT2D eigenvalue weighted by molar-refractivity contribution is -0.120. The molecule has 1 saturated carbocycles. The molecule has 1 fully saturated rings. The van der Waals surface area contributed by atoms with E-state index in [1.165, 1.54) is 16.8 Å². The summed E-state index contributed by atoms with van der Waals surface area (Å²) in [5, 5.41) is 0. The highest BCUT2D eigenvalue weighted by molar-refractivity contribution is 5.79. The summed E-state index contributed by atoms with van der Waals surface area (Å²) in [4.78, 5) is 13.6. The number of rotatable bonds is 2. The van der Waals surface area contributed by atoms with Crippen LogP contribution < -0.4 is 4.90 Å². The Kier molecular flexibility index (Phi) is 3.51. The Hall–Kier alpha value is -1.31. The predicted octanol–water partition coefficient (Wildman–Crippen LogP) is 3.25. The molecule has 0 aromatic heterocycles. The van der Waals surface area contributed by atoms with E-state index in [1.807, 2.05) is 0 Å². The van der Waals surface area contributed by atoms with Gasteiger partial charge in [0.05, 0.1) is 0 Å². The van der Waals surface area contributed by atoms with E-state index in [4.69, 9.17) is 0 Å². The standard InChI is InChI=1S/C15H21NO/c1-11-8-12(2)10-14(9-11)16(3)13-4-6-15(17)7-5-13/h8-10,13H,4-7H2,1-3H3. The van der Waals surface area contributed by atoms with Crippen LogP contribution in [0.25, 0.3) is 0 Å². The maximum atomic E-state index is 11.3. The van der Waals surface area contributed by atoms with Crippen molar-refractivity contribution in [2.24, 2.45) is 0 Å². The number of nitrogens with zero attached hydrogens (tertiary/aromatic N) is 1. The summed E-state index contributed by atoms with van der Waals surface area (Å²) in [5.74, 6) is 0.426. The molecule has 1 aromatic carbocycles. The quantitative estimate of drug-likeness (QED) is 0.778. The summed E-state index contributed by atoms with van der Waals surface area (Å²) >= 11 is 0. The van der Waals surface area contributed by atoms with Crippen molar-refractivity contribution in [2.75, 3.05) is 11.9 Å². The van der Waals surface area contributed by atoms with Crippen LogP contribution in [0.1, 0.15) is 36.8 Å². The Labute approximate surface area is 104 Å². The van der Waals surface area contributed by atoms with E-state index in [9.17, 15) is 4.79 Å². The summed E-state index contributed by atoms with van der Waals surface area (Å²) in [7, 11) is 2.15. The molecule has 0 saturated heterocycles. The Morgan fingerprint density at radius 3 is 2.12 bits per heavy atom. The smallest absolute Gasteiger partial charge is 0.133 e. The van der Waals surface area contributed by atoms with Gasteiger partial charge in [-0.3, -0.25) is 4.79 Å². The molecule has 0 bridgehead atoms. The van der Waals surface area contributed by atoms with Crippen LogP contribution in [0.4, 0.5) is 5.69 Å². The second kappa shape index (κ2) is 4.91. The molecule has 0 aliphatic heterocycles. The van der Waals surface area contributed by atoms with Crippen LogP contribution in [-0.2, 0) is 4.79 Å². The van der Waals surface area contributed by atoms with Crippen molar-refractivity contribution in [3.8, 4) is 0 Å². The fraction of sp³-hybridized carbons (Fsp3) is 0.533. The Morgan fingerprint density at radius 1 is 1.06 bits per heavy atom. The average molecular weight is 231 g/mol. The van der Waals surface area contributed by atoms with E-state index in [0.29, 0.717) is 11.8 Å².